The smallest absolute Gasteiger partial charge is 0.354 e. The molecule has 2 N–H and O–H groups in total. The van der Waals surface area contributed by atoms with E-state index < -0.39 is 18.0 Å². The molecule has 0 radical (unpaired) electrons. The van der Waals surface area contributed by atoms with Gasteiger partial charge in [0.05, 0.1) is 22.0 Å². The topological polar surface area (TPSA) is 90.7 Å². The van der Waals surface area contributed by atoms with E-state index in [1.165, 1.54) is 28.4 Å². The highest BCUT2D eigenvalue weighted by atomic mass is 32.2. The number of carboxylic acids is 1. The third kappa shape index (κ3) is 2.86. The lowest BCUT2D eigenvalue weighted by Crippen LogP contribution is -2.61. The maximum absolute atomic E-state index is 12.2. The van der Waals surface area contributed by atoms with Gasteiger partial charge in [-0.2, -0.15) is 0 Å². The number of aliphatic carboxylic acids is 1. The highest BCUT2D eigenvalue weighted by Gasteiger charge is 2.58. The van der Waals surface area contributed by atoms with Crippen LogP contribution >= 0.6 is 23.5 Å². The molecule has 0 aliphatic carbocycles. The largest absolute Gasteiger partial charge is 0.477 e. The molecule has 0 spiro atoms. The summed E-state index contributed by atoms with van der Waals surface area (Å²) in [5.41, 5.74) is 0.881. The van der Waals surface area contributed by atoms with Gasteiger partial charge in [0.25, 0.3) is 0 Å². The van der Waals surface area contributed by atoms with E-state index in [4.69, 9.17) is 0 Å². The summed E-state index contributed by atoms with van der Waals surface area (Å²) in [6.45, 7) is 1.81. The van der Waals surface area contributed by atoms with Gasteiger partial charge < -0.3 is 10.2 Å². The summed E-state index contributed by atoms with van der Waals surface area (Å²) in [6.07, 6.45) is 1.43. The summed E-state index contributed by atoms with van der Waals surface area (Å²) in [7, 11) is 0. The second-order valence-corrected chi connectivity index (χ2v) is 7.64. The first kappa shape index (κ1) is 16.4. The fourth-order valence-corrected chi connectivity index (χ4v) is 5.43. The molecular weight excluding hydrogens is 336 g/mol. The van der Waals surface area contributed by atoms with Crippen molar-refractivity contribution in [2.45, 2.75) is 30.6 Å². The Kier molecular flexibility index (Phi) is 4.65. The molecule has 3 rings (SSSR count). The molecular formula is C15H16N2O4S2. The molecule has 0 aromatic carbocycles. The highest BCUT2D eigenvalue weighted by Crippen LogP contribution is 2.54. The van der Waals surface area contributed by atoms with Gasteiger partial charge in [-0.1, -0.05) is 24.8 Å². The monoisotopic (exact) mass is 352 g/mol. The Morgan fingerprint density at radius 2 is 2.30 bits per heavy atom. The van der Waals surface area contributed by atoms with Gasteiger partial charge in [0, 0.05) is 11.9 Å². The predicted octanol–water partition coefficient (Wildman–Crippen LogP) is 1.87. The number of hydrogen-bond donors (Lipinski definition) is 2. The highest BCUT2D eigenvalue weighted by molar-refractivity contribution is 8.22. The number of nitrogens with zero attached hydrogens (tertiary/aromatic N) is 2. The molecule has 1 amide bonds. The number of aliphatic hydroxyl groups excluding tert-OH is 1. The van der Waals surface area contributed by atoms with Crippen molar-refractivity contribution in [2.24, 2.45) is 5.92 Å². The molecule has 2 aliphatic rings. The molecule has 1 aromatic rings. The zero-order chi connectivity index (χ0) is 16.6. The third-order valence-electron chi connectivity index (χ3n) is 3.86. The number of rotatable bonds is 6. The number of β-lactam (4-membered cyclic amide) rings is 1. The van der Waals surface area contributed by atoms with Crippen LogP contribution in [0.4, 0.5) is 0 Å². The Morgan fingerprint density at radius 1 is 1.52 bits per heavy atom. The van der Waals surface area contributed by atoms with Gasteiger partial charge in [-0.3, -0.25) is 14.7 Å². The zero-order valence-corrected chi connectivity index (χ0v) is 14.0. The molecule has 3 atom stereocenters. The Balaban J connectivity index is 1.77. The first-order valence-corrected chi connectivity index (χ1v) is 9.09. The van der Waals surface area contributed by atoms with Crippen molar-refractivity contribution >= 4 is 35.4 Å². The number of hydrogen-bond acceptors (Lipinski definition) is 6. The van der Waals surface area contributed by atoms with E-state index in [2.05, 4.69) is 4.98 Å². The summed E-state index contributed by atoms with van der Waals surface area (Å²) in [6, 6.07) is 5.57. The number of carbonyl (C=O) groups excluding carboxylic acids is 1. The van der Waals surface area contributed by atoms with E-state index in [1.54, 1.807) is 6.20 Å². The average molecular weight is 352 g/mol. The van der Waals surface area contributed by atoms with Crippen LogP contribution < -0.4 is 0 Å². The van der Waals surface area contributed by atoms with E-state index in [0.29, 0.717) is 16.4 Å². The number of fused-ring (bicyclic) bond motifs is 1. The molecule has 23 heavy (non-hydrogen) atoms. The van der Waals surface area contributed by atoms with E-state index >= 15 is 0 Å². The standard InChI is InChI=1S/C15H16N2O4S2/c1-2-9(18)10-12(19)17-11(14(20)21)15(23-13(10)17)22-7-8-5-3-4-6-16-8/h3-6,9-10,13,18H,2,7H2,1H3,(H,20,21). The predicted molar refractivity (Wildman–Crippen MR) is 88.2 cm³/mol. The third-order valence-corrected chi connectivity index (χ3v) is 6.55. The van der Waals surface area contributed by atoms with Gasteiger partial charge in [-0.25, -0.2) is 4.79 Å². The first-order valence-electron chi connectivity index (χ1n) is 7.22. The number of pyridine rings is 1. The maximum atomic E-state index is 12.2. The SMILES string of the molecule is CCC(O)C1C(=O)N2C(C(=O)O)=C(SCc3ccccn3)SC12. The Bertz CT molecular complexity index is 665. The fraction of sp³-hybridized carbons (Fsp3) is 0.400. The van der Waals surface area contributed by atoms with Crippen molar-refractivity contribution in [3.8, 4) is 0 Å². The van der Waals surface area contributed by atoms with Crippen molar-refractivity contribution in [1.29, 1.82) is 0 Å². The average Bonchev–Trinajstić information content (AvgIpc) is 2.88. The molecule has 6 nitrogen and oxygen atoms in total. The van der Waals surface area contributed by atoms with Crippen molar-refractivity contribution in [3.05, 3.63) is 40.0 Å². The summed E-state index contributed by atoms with van der Waals surface area (Å²) in [4.78, 5) is 29.3. The number of aliphatic hydroxyl groups is 1. The number of aromatic nitrogens is 1. The summed E-state index contributed by atoms with van der Waals surface area (Å²) < 4.78 is 0.604. The minimum atomic E-state index is -1.11. The molecule has 0 saturated carbocycles. The van der Waals surface area contributed by atoms with Gasteiger partial charge in [0.1, 0.15) is 5.37 Å². The van der Waals surface area contributed by atoms with Crippen molar-refractivity contribution in [3.63, 3.8) is 0 Å². The van der Waals surface area contributed by atoms with Gasteiger partial charge in [-0.15, -0.1) is 11.8 Å². The molecule has 8 heteroatoms. The van der Waals surface area contributed by atoms with Crippen LogP contribution in [0.5, 0.6) is 0 Å². The lowest BCUT2D eigenvalue weighted by molar-refractivity contribution is -0.157. The minimum absolute atomic E-state index is 0.0329. The van der Waals surface area contributed by atoms with E-state index in [9.17, 15) is 19.8 Å². The number of carboxylic acid groups (broad SMARTS) is 1. The molecule has 1 fully saturated rings. The zero-order valence-electron chi connectivity index (χ0n) is 12.4. The lowest BCUT2D eigenvalue weighted by atomic mass is 9.90. The quantitative estimate of drug-likeness (QED) is 0.755. The van der Waals surface area contributed by atoms with Crippen molar-refractivity contribution in [1.82, 2.24) is 9.88 Å². The Labute approximate surface area is 142 Å². The Morgan fingerprint density at radius 3 is 2.91 bits per heavy atom. The van der Waals surface area contributed by atoms with Crippen LogP contribution in [0.25, 0.3) is 0 Å². The molecule has 3 heterocycles. The summed E-state index contributed by atoms with van der Waals surface area (Å²) >= 11 is 2.72. The van der Waals surface area contributed by atoms with Crippen LogP contribution in [0.15, 0.2) is 34.3 Å². The van der Waals surface area contributed by atoms with Crippen molar-refractivity contribution in [2.75, 3.05) is 0 Å². The molecule has 3 unspecified atom stereocenters. The van der Waals surface area contributed by atoms with Gasteiger partial charge >= 0.3 is 5.97 Å². The van der Waals surface area contributed by atoms with Crippen LogP contribution in [0.1, 0.15) is 19.0 Å². The molecule has 1 aromatic heterocycles. The molecule has 0 bridgehead atoms. The van der Waals surface area contributed by atoms with Gasteiger partial charge in [-0.05, 0) is 18.6 Å². The first-order chi connectivity index (χ1) is 11.0. The molecule has 1 saturated heterocycles. The molecule has 122 valence electrons. The van der Waals surface area contributed by atoms with Gasteiger partial charge in [0.15, 0.2) is 5.70 Å². The van der Waals surface area contributed by atoms with Crippen LogP contribution in [0.2, 0.25) is 0 Å². The lowest BCUT2D eigenvalue weighted by Gasteiger charge is -2.44. The Hall–Kier alpha value is -1.51. The maximum Gasteiger partial charge on any atom is 0.354 e. The number of carbonyl (C=O) groups is 2. The number of amides is 1. The van der Waals surface area contributed by atoms with Crippen LogP contribution in [0.3, 0.4) is 0 Å². The van der Waals surface area contributed by atoms with E-state index in [-0.39, 0.29) is 17.0 Å². The second-order valence-electron chi connectivity index (χ2n) is 5.27. The van der Waals surface area contributed by atoms with E-state index in [1.807, 2.05) is 25.1 Å². The van der Waals surface area contributed by atoms with Crippen LogP contribution in [-0.2, 0) is 15.3 Å². The summed E-state index contributed by atoms with van der Waals surface area (Å²) in [5, 5.41) is 19.1. The van der Waals surface area contributed by atoms with E-state index in [0.717, 1.165) is 5.69 Å². The van der Waals surface area contributed by atoms with Crippen molar-refractivity contribution < 1.29 is 19.8 Å². The van der Waals surface area contributed by atoms with Crippen LogP contribution in [0, 0.1) is 5.92 Å². The minimum Gasteiger partial charge on any atom is -0.477 e. The summed E-state index contributed by atoms with van der Waals surface area (Å²) in [5.74, 6) is -1.40. The normalized spacial score (nSPS) is 24.4. The fourth-order valence-electron chi connectivity index (χ4n) is 2.64. The van der Waals surface area contributed by atoms with Crippen LogP contribution in [-0.4, -0.2) is 43.5 Å². The number of thioether (sulfide) groups is 2. The van der Waals surface area contributed by atoms with Gasteiger partial charge in [0.2, 0.25) is 5.91 Å². The second kappa shape index (κ2) is 6.54. The molecule has 2 aliphatic heterocycles.